The molecule has 0 atom stereocenters. The number of rotatable bonds is 3. The van der Waals surface area contributed by atoms with Gasteiger partial charge in [-0.2, -0.15) is 0 Å². The van der Waals surface area contributed by atoms with Gasteiger partial charge in [-0.15, -0.1) is 0 Å². The lowest BCUT2D eigenvalue weighted by Crippen LogP contribution is -2.01. The molecule has 2 aromatic rings. The summed E-state index contributed by atoms with van der Waals surface area (Å²) in [5, 5.41) is 8.82. The van der Waals surface area contributed by atoms with Crippen molar-refractivity contribution >= 4 is 11.7 Å². The second-order valence-corrected chi connectivity index (χ2v) is 4.27. The first-order chi connectivity index (χ1) is 8.97. The van der Waals surface area contributed by atoms with Crippen LogP contribution < -0.4 is 10.5 Å². The molecule has 19 heavy (non-hydrogen) atoms. The fraction of sp³-hybridized carbons (Fsp3) is 0.143. The number of ether oxygens (including phenoxy) is 1. The molecular formula is C14H14N2O3. The Hall–Kier alpha value is -2.56. The van der Waals surface area contributed by atoms with Gasteiger partial charge in [0.15, 0.2) is 0 Å². The normalized spacial score (nSPS) is 10.2. The Morgan fingerprint density at radius 2 is 2.00 bits per heavy atom. The van der Waals surface area contributed by atoms with Crippen molar-refractivity contribution in [1.29, 1.82) is 0 Å². The van der Waals surface area contributed by atoms with Gasteiger partial charge in [-0.05, 0) is 43.2 Å². The van der Waals surface area contributed by atoms with Gasteiger partial charge in [0.05, 0.1) is 11.3 Å². The van der Waals surface area contributed by atoms with Gasteiger partial charge in [-0.3, -0.25) is 0 Å². The fourth-order valence-electron chi connectivity index (χ4n) is 1.56. The predicted molar refractivity (Wildman–Crippen MR) is 71.6 cm³/mol. The zero-order valence-corrected chi connectivity index (χ0v) is 10.7. The van der Waals surface area contributed by atoms with E-state index in [-0.39, 0.29) is 17.1 Å². The van der Waals surface area contributed by atoms with Crippen LogP contribution in [0.1, 0.15) is 21.5 Å². The Balaban J connectivity index is 2.28. The van der Waals surface area contributed by atoms with E-state index in [0.717, 1.165) is 11.1 Å². The Bertz CT molecular complexity index is 639. The van der Waals surface area contributed by atoms with Crippen LogP contribution in [0.15, 0.2) is 30.5 Å². The third-order valence-electron chi connectivity index (χ3n) is 2.82. The summed E-state index contributed by atoms with van der Waals surface area (Å²) in [6.45, 7) is 3.99. The van der Waals surface area contributed by atoms with E-state index < -0.39 is 5.97 Å². The number of aromatic carboxylic acids is 1. The highest BCUT2D eigenvalue weighted by Gasteiger charge is 2.09. The van der Waals surface area contributed by atoms with Gasteiger partial charge < -0.3 is 15.6 Å². The number of aromatic nitrogens is 1. The number of nitrogens with two attached hydrogens (primary N) is 1. The lowest BCUT2D eigenvalue weighted by molar-refractivity contribution is 0.0696. The summed E-state index contributed by atoms with van der Waals surface area (Å²) >= 11 is 0. The molecule has 0 unspecified atom stereocenters. The number of carbonyl (C=O) groups is 1. The monoisotopic (exact) mass is 258 g/mol. The van der Waals surface area contributed by atoms with Crippen LogP contribution in [0.3, 0.4) is 0 Å². The summed E-state index contributed by atoms with van der Waals surface area (Å²) in [6.07, 6.45) is 1.22. The summed E-state index contributed by atoms with van der Waals surface area (Å²) < 4.78 is 5.55. The smallest absolute Gasteiger partial charge is 0.337 e. The molecule has 0 aliphatic rings. The molecule has 5 heteroatoms. The number of nitrogens with zero attached hydrogens (tertiary/aromatic N) is 1. The average Bonchev–Trinajstić information content (AvgIpc) is 2.36. The van der Waals surface area contributed by atoms with Crippen LogP contribution in [-0.2, 0) is 0 Å². The van der Waals surface area contributed by atoms with Crippen LogP contribution in [-0.4, -0.2) is 16.1 Å². The van der Waals surface area contributed by atoms with E-state index in [1.54, 1.807) is 0 Å². The summed E-state index contributed by atoms with van der Waals surface area (Å²) in [5.41, 5.74) is 8.21. The number of hydrogen-bond donors (Lipinski definition) is 2. The van der Waals surface area contributed by atoms with Crippen molar-refractivity contribution in [3.05, 3.63) is 47.2 Å². The maximum absolute atomic E-state index is 10.8. The largest absolute Gasteiger partial charge is 0.478 e. The molecule has 2 rings (SSSR count). The zero-order chi connectivity index (χ0) is 14.0. The maximum Gasteiger partial charge on any atom is 0.337 e. The van der Waals surface area contributed by atoms with Crippen molar-refractivity contribution < 1.29 is 14.6 Å². The van der Waals surface area contributed by atoms with Crippen molar-refractivity contribution in [2.24, 2.45) is 0 Å². The van der Waals surface area contributed by atoms with Gasteiger partial charge in [0.25, 0.3) is 0 Å². The topological polar surface area (TPSA) is 85.4 Å². The first-order valence-electron chi connectivity index (χ1n) is 5.71. The quantitative estimate of drug-likeness (QED) is 0.884. The number of nitrogen functional groups attached to an aromatic ring is 1. The highest BCUT2D eigenvalue weighted by atomic mass is 16.5. The van der Waals surface area contributed by atoms with Gasteiger partial charge in [-0.1, -0.05) is 6.07 Å². The van der Waals surface area contributed by atoms with Crippen molar-refractivity contribution in [1.82, 2.24) is 4.98 Å². The molecule has 0 amide bonds. The molecule has 0 aliphatic carbocycles. The summed E-state index contributed by atoms with van der Waals surface area (Å²) in [7, 11) is 0. The Morgan fingerprint density at radius 3 is 2.58 bits per heavy atom. The predicted octanol–water partition coefficient (Wildman–Crippen LogP) is 2.77. The second-order valence-electron chi connectivity index (χ2n) is 4.27. The molecule has 0 saturated carbocycles. The Morgan fingerprint density at radius 1 is 1.26 bits per heavy atom. The number of anilines is 1. The summed E-state index contributed by atoms with van der Waals surface area (Å²) in [5.74, 6) is -0.254. The number of carboxylic acids is 1. The molecule has 0 bridgehead atoms. The van der Waals surface area contributed by atoms with E-state index in [4.69, 9.17) is 15.6 Å². The maximum atomic E-state index is 10.8. The van der Waals surface area contributed by atoms with Gasteiger partial charge in [0.1, 0.15) is 5.75 Å². The second kappa shape index (κ2) is 4.97. The van der Waals surface area contributed by atoms with E-state index in [1.807, 2.05) is 32.0 Å². The molecule has 3 N–H and O–H groups in total. The molecule has 1 aromatic heterocycles. The van der Waals surface area contributed by atoms with Gasteiger partial charge in [0.2, 0.25) is 5.88 Å². The zero-order valence-electron chi connectivity index (χ0n) is 10.7. The molecule has 1 aromatic carbocycles. The van der Waals surface area contributed by atoms with Crippen molar-refractivity contribution in [2.75, 3.05) is 5.73 Å². The lowest BCUT2D eigenvalue weighted by atomic mass is 10.1. The summed E-state index contributed by atoms with van der Waals surface area (Å²) in [4.78, 5) is 14.7. The number of aryl methyl sites for hydroxylation is 2. The third kappa shape index (κ3) is 2.82. The molecule has 0 radical (unpaired) electrons. The van der Waals surface area contributed by atoms with Crippen molar-refractivity contribution in [3.63, 3.8) is 0 Å². The minimum atomic E-state index is -1.07. The number of carboxylic acid groups (broad SMARTS) is 1. The van der Waals surface area contributed by atoms with E-state index in [9.17, 15) is 4.79 Å². The molecule has 0 fully saturated rings. The first-order valence-corrected chi connectivity index (χ1v) is 5.71. The molecule has 0 saturated heterocycles. The fourth-order valence-corrected chi connectivity index (χ4v) is 1.56. The van der Waals surface area contributed by atoms with E-state index in [2.05, 4.69) is 4.98 Å². The Labute approximate surface area is 110 Å². The number of benzene rings is 1. The standard InChI is InChI=1S/C14H14N2O3/c1-8-3-4-11(5-9(8)2)19-13-12(15)6-10(7-16-13)14(17)18/h3-7H,15H2,1-2H3,(H,17,18). The first kappa shape index (κ1) is 12.9. The molecule has 0 aliphatic heterocycles. The van der Waals surface area contributed by atoms with E-state index in [1.165, 1.54) is 12.3 Å². The van der Waals surface area contributed by atoms with E-state index in [0.29, 0.717) is 5.75 Å². The van der Waals surface area contributed by atoms with Gasteiger partial charge >= 0.3 is 5.97 Å². The van der Waals surface area contributed by atoms with Crippen LogP contribution in [0.25, 0.3) is 0 Å². The molecule has 0 spiro atoms. The lowest BCUT2D eigenvalue weighted by Gasteiger charge is -2.09. The van der Waals surface area contributed by atoms with Crippen molar-refractivity contribution in [3.8, 4) is 11.6 Å². The van der Waals surface area contributed by atoms with E-state index >= 15 is 0 Å². The van der Waals surface area contributed by atoms with Crippen LogP contribution in [0.4, 0.5) is 5.69 Å². The number of pyridine rings is 1. The minimum absolute atomic E-state index is 0.0323. The average molecular weight is 258 g/mol. The van der Waals surface area contributed by atoms with Crippen molar-refractivity contribution in [2.45, 2.75) is 13.8 Å². The highest BCUT2D eigenvalue weighted by Crippen LogP contribution is 2.26. The SMILES string of the molecule is Cc1ccc(Oc2ncc(C(=O)O)cc2N)cc1C. The van der Waals surface area contributed by atoms with Crippen LogP contribution in [0, 0.1) is 13.8 Å². The van der Waals surface area contributed by atoms with Crippen LogP contribution in [0.5, 0.6) is 11.6 Å². The van der Waals surface area contributed by atoms with Crippen LogP contribution in [0.2, 0.25) is 0 Å². The Kier molecular flexibility index (Phi) is 3.37. The van der Waals surface area contributed by atoms with Gasteiger partial charge in [0, 0.05) is 6.20 Å². The molecule has 5 nitrogen and oxygen atoms in total. The van der Waals surface area contributed by atoms with Crippen LogP contribution >= 0.6 is 0 Å². The molecule has 1 heterocycles. The third-order valence-corrected chi connectivity index (χ3v) is 2.82. The van der Waals surface area contributed by atoms with Gasteiger partial charge in [-0.25, -0.2) is 9.78 Å². The molecule has 98 valence electrons. The highest BCUT2D eigenvalue weighted by molar-refractivity contribution is 5.88. The minimum Gasteiger partial charge on any atom is -0.478 e. The number of hydrogen-bond acceptors (Lipinski definition) is 4. The molecular weight excluding hydrogens is 244 g/mol. The summed E-state index contributed by atoms with van der Waals surface area (Å²) in [6, 6.07) is 6.95.